The molecule has 3 heterocycles. The van der Waals surface area contributed by atoms with Crippen LogP contribution in [0.25, 0.3) is 0 Å². The first-order chi connectivity index (χ1) is 14.2. The molecule has 1 unspecified atom stereocenters. The molecule has 0 spiro atoms. The highest BCUT2D eigenvalue weighted by atomic mass is 19.1. The number of hydrogen-bond acceptors (Lipinski definition) is 6. The lowest BCUT2D eigenvalue weighted by Gasteiger charge is -2.42. The number of amides is 1. The molecule has 2 aliphatic heterocycles. The summed E-state index contributed by atoms with van der Waals surface area (Å²) < 4.78 is 26.3. The van der Waals surface area contributed by atoms with Gasteiger partial charge in [0.2, 0.25) is 5.91 Å². The van der Waals surface area contributed by atoms with E-state index in [-0.39, 0.29) is 30.5 Å². The zero-order chi connectivity index (χ0) is 20.1. The number of rotatable bonds is 7. The van der Waals surface area contributed by atoms with Crippen LogP contribution in [-0.2, 0) is 16.1 Å². The Morgan fingerprint density at radius 2 is 1.83 bits per heavy atom. The molecular formula is C20H26FN5O3. The molecule has 1 aromatic heterocycles. The van der Waals surface area contributed by atoms with E-state index in [1.54, 1.807) is 24.8 Å². The van der Waals surface area contributed by atoms with Crippen LogP contribution < -0.4 is 4.74 Å². The summed E-state index contributed by atoms with van der Waals surface area (Å²) in [6, 6.07) is 6.16. The first kappa shape index (κ1) is 19.8. The van der Waals surface area contributed by atoms with Crippen LogP contribution in [0, 0.1) is 5.82 Å². The Balaban J connectivity index is 1.23. The quantitative estimate of drug-likeness (QED) is 0.692. The predicted molar refractivity (Wildman–Crippen MR) is 103 cm³/mol. The maximum absolute atomic E-state index is 13.0. The lowest BCUT2D eigenvalue weighted by atomic mass is 10.0. The standard InChI is InChI=1S/C20H26FN5O3/c21-16-1-3-18(4-2-16)28-12-19-11-26(20(27)13-29-19)17-5-7-24(8-6-17)9-10-25-14-22-23-15-25/h1-4,14-15,17,19H,5-13H2. The molecule has 156 valence electrons. The van der Waals surface area contributed by atoms with Gasteiger partial charge in [-0.15, -0.1) is 10.2 Å². The molecule has 1 atom stereocenters. The van der Waals surface area contributed by atoms with E-state index in [9.17, 15) is 9.18 Å². The van der Waals surface area contributed by atoms with Gasteiger partial charge in [-0.25, -0.2) is 4.39 Å². The van der Waals surface area contributed by atoms with E-state index in [2.05, 4.69) is 15.1 Å². The zero-order valence-electron chi connectivity index (χ0n) is 16.3. The molecule has 8 nitrogen and oxygen atoms in total. The van der Waals surface area contributed by atoms with Crippen molar-refractivity contribution < 1.29 is 18.7 Å². The van der Waals surface area contributed by atoms with Gasteiger partial charge in [-0.2, -0.15) is 0 Å². The molecule has 2 saturated heterocycles. The Hall–Kier alpha value is -2.52. The van der Waals surface area contributed by atoms with E-state index in [0.29, 0.717) is 18.9 Å². The van der Waals surface area contributed by atoms with Crippen molar-refractivity contribution in [1.29, 1.82) is 0 Å². The summed E-state index contributed by atoms with van der Waals surface area (Å²) in [7, 11) is 0. The maximum atomic E-state index is 13.0. The second-order valence-corrected chi connectivity index (χ2v) is 7.52. The minimum Gasteiger partial charge on any atom is -0.491 e. The van der Waals surface area contributed by atoms with Gasteiger partial charge in [-0.1, -0.05) is 0 Å². The first-order valence-corrected chi connectivity index (χ1v) is 10.0. The third-order valence-electron chi connectivity index (χ3n) is 5.55. The van der Waals surface area contributed by atoms with Crippen molar-refractivity contribution in [3.63, 3.8) is 0 Å². The van der Waals surface area contributed by atoms with Crippen LogP contribution in [0.1, 0.15) is 12.8 Å². The lowest BCUT2D eigenvalue weighted by Crippen LogP contribution is -2.55. The molecule has 9 heteroatoms. The normalized spacial score (nSPS) is 21.5. The highest BCUT2D eigenvalue weighted by Crippen LogP contribution is 2.21. The van der Waals surface area contributed by atoms with E-state index in [1.807, 2.05) is 9.47 Å². The summed E-state index contributed by atoms with van der Waals surface area (Å²) in [6.45, 7) is 4.72. The molecule has 0 bridgehead atoms. The molecule has 0 radical (unpaired) electrons. The highest BCUT2D eigenvalue weighted by molar-refractivity contribution is 5.78. The Morgan fingerprint density at radius 1 is 1.10 bits per heavy atom. The van der Waals surface area contributed by atoms with Crippen LogP contribution >= 0.6 is 0 Å². The van der Waals surface area contributed by atoms with Gasteiger partial charge in [-0.3, -0.25) is 4.79 Å². The van der Waals surface area contributed by atoms with Crippen LogP contribution in [-0.4, -0.2) is 82.0 Å². The number of hydrogen-bond donors (Lipinski definition) is 0. The number of morpholine rings is 1. The minimum atomic E-state index is -0.295. The maximum Gasteiger partial charge on any atom is 0.248 e. The second-order valence-electron chi connectivity index (χ2n) is 7.52. The Labute approximate surface area is 169 Å². The number of benzene rings is 1. The van der Waals surface area contributed by atoms with Crippen LogP contribution in [0.2, 0.25) is 0 Å². The Bertz CT molecular complexity index is 778. The third-order valence-corrected chi connectivity index (χ3v) is 5.55. The molecule has 1 amide bonds. The topological polar surface area (TPSA) is 72.7 Å². The fourth-order valence-electron chi connectivity index (χ4n) is 3.87. The van der Waals surface area contributed by atoms with Gasteiger partial charge < -0.3 is 23.8 Å². The van der Waals surface area contributed by atoms with E-state index in [0.717, 1.165) is 39.0 Å². The molecule has 0 aliphatic carbocycles. The number of halogens is 1. The van der Waals surface area contributed by atoms with Crippen LogP contribution in [0.5, 0.6) is 5.75 Å². The van der Waals surface area contributed by atoms with E-state index in [4.69, 9.17) is 9.47 Å². The van der Waals surface area contributed by atoms with Crippen molar-refractivity contribution in [1.82, 2.24) is 24.6 Å². The fourth-order valence-corrected chi connectivity index (χ4v) is 3.87. The van der Waals surface area contributed by atoms with Gasteiger partial charge in [0.1, 0.15) is 43.5 Å². The lowest BCUT2D eigenvalue weighted by molar-refractivity contribution is -0.155. The van der Waals surface area contributed by atoms with Crippen molar-refractivity contribution in [3.8, 4) is 5.75 Å². The van der Waals surface area contributed by atoms with Crippen LogP contribution in [0.15, 0.2) is 36.9 Å². The second kappa shape index (κ2) is 9.32. The molecule has 2 fully saturated rings. The SMILES string of the molecule is O=C1COC(COc2ccc(F)cc2)CN1C1CCN(CCn2cnnc2)CC1. The minimum absolute atomic E-state index is 0.0472. The summed E-state index contributed by atoms with van der Waals surface area (Å²) in [4.78, 5) is 16.8. The summed E-state index contributed by atoms with van der Waals surface area (Å²) in [5.41, 5.74) is 0. The molecule has 0 saturated carbocycles. The average molecular weight is 403 g/mol. The number of likely N-dealkylation sites (tertiary alicyclic amines) is 1. The number of aromatic nitrogens is 3. The van der Waals surface area contributed by atoms with E-state index >= 15 is 0 Å². The summed E-state index contributed by atoms with van der Waals surface area (Å²) >= 11 is 0. The molecule has 2 aromatic rings. The van der Waals surface area contributed by atoms with Gasteiger partial charge in [0.25, 0.3) is 0 Å². The van der Waals surface area contributed by atoms with Crippen LogP contribution in [0.4, 0.5) is 4.39 Å². The Morgan fingerprint density at radius 3 is 2.55 bits per heavy atom. The largest absolute Gasteiger partial charge is 0.491 e. The van der Waals surface area contributed by atoms with Crippen molar-refractivity contribution in [2.24, 2.45) is 0 Å². The highest BCUT2D eigenvalue weighted by Gasteiger charge is 2.33. The summed E-state index contributed by atoms with van der Waals surface area (Å²) in [5.74, 6) is 0.349. The van der Waals surface area contributed by atoms with Crippen molar-refractivity contribution in [3.05, 3.63) is 42.7 Å². The van der Waals surface area contributed by atoms with Gasteiger partial charge in [0, 0.05) is 32.2 Å². The molecular weight excluding hydrogens is 377 g/mol. The fraction of sp³-hybridized carbons (Fsp3) is 0.550. The number of ether oxygens (including phenoxy) is 2. The third kappa shape index (κ3) is 5.30. The van der Waals surface area contributed by atoms with E-state index < -0.39 is 0 Å². The first-order valence-electron chi connectivity index (χ1n) is 10.0. The molecule has 0 N–H and O–H groups in total. The summed E-state index contributed by atoms with van der Waals surface area (Å²) in [5, 5.41) is 7.65. The van der Waals surface area contributed by atoms with Gasteiger partial charge in [0.05, 0.1) is 6.54 Å². The number of piperidine rings is 1. The predicted octanol–water partition coefficient (Wildman–Crippen LogP) is 1.19. The van der Waals surface area contributed by atoms with E-state index in [1.165, 1.54) is 12.1 Å². The number of carbonyl (C=O) groups is 1. The van der Waals surface area contributed by atoms with Crippen molar-refractivity contribution >= 4 is 5.91 Å². The van der Waals surface area contributed by atoms with Crippen molar-refractivity contribution in [2.45, 2.75) is 31.5 Å². The molecule has 4 rings (SSSR count). The monoisotopic (exact) mass is 403 g/mol. The average Bonchev–Trinajstić information content (AvgIpc) is 3.27. The smallest absolute Gasteiger partial charge is 0.248 e. The molecule has 1 aromatic carbocycles. The van der Waals surface area contributed by atoms with Gasteiger partial charge in [0.15, 0.2) is 0 Å². The number of carbonyl (C=O) groups excluding carboxylic acids is 1. The molecule has 29 heavy (non-hydrogen) atoms. The molecule has 2 aliphatic rings. The summed E-state index contributed by atoms with van der Waals surface area (Å²) in [6.07, 6.45) is 5.20. The van der Waals surface area contributed by atoms with Gasteiger partial charge >= 0.3 is 0 Å². The van der Waals surface area contributed by atoms with Crippen LogP contribution in [0.3, 0.4) is 0 Å². The van der Waals surface area contributed by atoms with Gasteiger partial charge in [-0.05, 0) is 37.1 Å². The van der Waals surface area contributed by atoms with Crippen molar-refractivity contribution in [2.75, 3.05) is 39.4 Å². The number of nitrogens with zero attached hydrogens (tertiary/aromatic N) is 5. The zero-order valence-corrected chi connectivity index (χ0v) is 16.3. The Kier molecular flexibility index (Phi) is 6.36.